The summed E-state index contributed by atoms with van der Waals surface area (Å²) in [7, 11) is 0. The van der Waals surface area contributed by atoms with Gasteiger partial charge in [0.25, 0.3) is 0 Å². The van der Waals surface area contributed by atoms with Crippen molar-refractivity contribution in [1.82, 2.24) is 5.32 Å². The summed E-state index contributed by atoms with van der Waals surface area (Å²) in [5.74, 6) is 1.01. The summed E-state index contributed by atoms with van der Waals surface area (Å²) in [6, 6.07) is 6.96. The number of fused-ring (bicyclic) bond motifs is 1. The van der Waals surface area contributed by atoms with Gasteiger partial charge in [-0.25, -0.2) is 0 Å². The molecule has 96 valence electrons. The van der Waals surface area contributed by atoms with E-state index in [9.17, 15) is 0 Å². The Kier molecular flexibility index (Phi) is 3.59. The minimum absolute atomic E-state index is 0.259. The van der Waals surface area contributed by atoms with Gasteiger partial charge in [-0.2, -0.15) is 0 Å². The van der Waals surface area contributed by atoms with Crippen LogP contribution in [0.1, 0.15) is 48.0 Å². The molecule has 2 heterocycles. The molecule has 0 aliphatic heterocycles. The molecule has 1 aliphatic carbocycles. The molecule has 4 heteroatoms. The molecule has 0 bridgehead atoms. The van der Waals surface area contributed by atoms with Crippen molar-refractivity contribution in [3.8, 4) is 0 Å². The number of furan rings is 1. The van der Waals surface area contributed by atoms with Gasteiger partial charge in [0.05, 0.1) is 16.1 Å². The zero-order valence-corrected chi connectivity index (χ0v) is 12.7. The van der Waals surface area contributed by atoms with Gasteiger partial charge >= 0.3 is 0 Å². The lowest BCUT2D eigenvalue weighted by Crippen LogP contribution is -2.26. The Labute approximate surface area is 120 Å². The molecule has 0 aromatic carbocycles. The standard InChI is InChI=1S/C14H16BrNOS/c1-9(12-5-3-7-17-12)16-11-4-2-6-13-10(11)8-14(15)18-13/h3,5,7-9,11,16H,2,4,6H2,1H3. The quantitative estimate of drug-likeness (QED) is 0.874. The van der Waals surface area contributed by atoms with E-state index < -0.39 is 0 Å². The molecular formula is C14H16BrNOS. The van der Waals surface area contributed by atoms with Crippen molar-refractivity contribution in [2.24, 2.45) is 0 Å². The SMILES string of the molecule is CC(NC1CCCc2sc(Br)cc21)c1ccco1. The fraction of sp³-hybridized carbons (Fsp3) is 0.429. The van der Waals surface area contributed by atoms with Gasteiger partial charge in [-0.3, -0.25) is 0 Å². The minimum atomic E-state index is 0.259. The van der Waals surface area contributed by atoms with Crippen LogP contribution in [-0.4, -0.2) is 0 Å². The fourth-order valence-corrected chi connectivity index (χ4v) is 4.44. The van der Waals surface area contributed by atoms with E-state index in [1.165, 1.54) is 33.5 Å². The zero-order valence-electron chi connectivity index (χ0n) is 10.3. The van der Waals surface area contributed by atoms with Crippen molar-refractivity contribution >= 4 is 27.3 Å². The third-order valence-corrected chi connectivity index (χ3v) is 5.22. The average Bonchev–Trinajstić information content (AvgIpc) is 2.96. The molecule has 1 aliphatic rings. The fourth-order valence-electron chi connectivity index (χ4n) is 2.62. The van der Waals surface area contributed by atoms with Gasteiger partial charge in [0.2, 0.25) is 0 Å². The highest BCUT2D eigenvalue weighted by Crippen LogP contribution is 2.38. The third kappa shape index (κ3) is 2.42. The van der Waals surface area contributed by atoms with Crippen LogP contribution >= 0.6 is 27.3 Å². The lowest BCUT2D eigenvalue weighted by atomic mass is 9.93. The van der Waals surface area contributed by atoms with Gasteiger partial charge in [0.1, 0.15) is 5.76 Å². The molecule has 2 aromatic heterocycles. The van der Waals surface area contributed by atoms with Gasteiger partial charge < -0.3 is 9.73 Å². The molecule has 0 amide bonds. The number of hydrogen-bond donors (Lipinski definition) is 1. The van der Waals surface area contributed by atoms with Gasteiger partial charge in [0.15, 0.2) is 0 Å². The van der Waals surface area contributed by atoms with Crippen LogP contribution in [0.4, 0.5) is 0 Å². The summed E-state index contributed by atoms with van der Waals surface area (Å²) in [5, 5.41) is 3.68. The Morgan fingerprint density at radius 2 is 2.44 bits per heavy atom. The second kappa shape index (κ2) is 5.19. The molecule has 0 radical (unpaired) electrons. The van der Waals surface area contributed by atoms with Crippen molar-refractivity contribution in [3.63, 3.8) is 0 Å². The predicted molar refractivity (Wildman–Crippen MR) is 78.0 cm³/mol. The second-order valence-electron chi connectivity index (χ2n) is 4.78. The number of rotatable bonds is 3. The Hall–Kier alpha value is -0.580. The molecule has 0 saturated heterocycles. The molecular weight excluding hydrogens is 310 g/mol. The maximum absolute atomic E-state index is 5.46. The summed E-state index contributed by atoms with van der Waals surface area (Å²) >= 11 is 5.47. The first-order valence-corrected chi connectivity index (χ1v) is 7.92. The summed E-state index contributed by atoms with van der Waals surface area (Å²) < 4.78 is 6.70. The lowest BCUT2D eigenvalue weighted by Gasteiger charge is -2.26. The normalized spacial score (nSPS) is 20.7. The van der Waals surface area contributed by atoms with E-state index in [-0.39, 0.29) is 6.04 Å². The van der Waals surface area contributed by atoms with Crippen LogP contribution in [0.25, 0.3) is 0 Å². The maximum atomic E-state index is 5.46. The van der Waals surface area contributed by atoms with Crippen molar-refractivity contribution in [1.29, 1.82) is 0 Å². The van der Waals surface area contributed by atoms with Crippen LogP contribution in [0.15, 0.2) is 32.7 Å². The van der Waals surface area contributed by atoms with Crippen molar-refractivity contribution in [2.75, 3.05) is 0 Å². The monoisotopic (exact) mass is 325 g/mol. The van der Waals surface area contributed by atoms with E-state index in [0.717, 1.165) is 5.76 Å². The molecule has 0 spiro atoms. The first kappa shape index (κ1) is 12.5. The van der Waals surface area contributed by atoms with Gasteiger partial charge in [-0.1, -0.05) is 0 Å². The minimum Gasteiger partial charge on any atom is -0.468 e. The smallest absolute Gasteiger partial charge is 0.120 e. The Balaban J connectivity index is 1.78. The highest BCUT2D eigenvalue weighted by Gasteiger charge is 2.24. The molecule has 1 N–H and O–H groups in total. The maximum Gasteiger partial charge on any atom is 0.120 e. The van der Waals surface area contributed by atoms with Crippen LogP contribution in [-0.2, 0) is 6.42 Å². The molecule has 3 rings (SSSR count). The summed E-state index contributed by atoms with van der Waals surface area (Å²) in [6.45, 7) is 2.16. The Morgan fingerprint density at radius 3 is 3.22 bits per heavy atom. The lowest BCUT2D eigenvalue weighted by molar-refractivity contribution is 0.369. The van der Waals surface area contributed by atoms with E-state index in [4.69, 9.17) is 4.42 Å². The van der Waals surface area contributed by atoms with Crippen LogP contribution in [0, 0.1) is 0 Å². The van der Waals surface area contributed by atoms with E-state index in [2.05, 4.69) is 34.2 Å². The van der Waals surface area contributed by atoms with Gasteiger partial charge in [-0.15, -0.1) is 11.3 Å². The highest BCUT2D eigenvalue weighted by molar-refractivity contribution is 9.11. The molecule has 18 heavy (non-hydrogen) atoms. The zero-order chi connectivity index (χ0) is 12.5. The van der Waals surface area contributed by atoms with E-state index in [1.807, 2.05) is 23.5 Å². The summed E-state index contributed by atoms with van der Waals surface area (Å²) in [6.07, 6.45) is 5.43. The van der Waals surface area contributed by atoms with E-state index in [0.29, 0.717) is 6.04 Å². The number of aryl methyl sites for hydroxylation is 1. The number of halogens is 1. The average molecular weight is 326 g/mol. The topological polar surface area (TPSA) is 25.2 Å². The van der Waals surface area contributed by atoms with Crippen LogP contribution in [0.3, 0.4) is 0 Å². The highest BCUT2D eigenvalue weighted by atomic mass is 79.9. The van der Waals surface area contributed by atoms with Crippen LogP contribution < -0.4 is 5.32 Å². The Bertz CT molecular complexity index is 520. The van der Waals surface area contributed by atoms with Gasteiger partial charge in [-0.05, 0) is 65.9 Å². The molecule has 0 fully saturated rings. The van der Waals surface area contributed by atoms with Crippen molar-refractivity contribution in [3.05, 3.63) is 44.4 Å². The van der Waals surface area contributed by atoms with Crippen LogP contribution in [0.2, 0.25) is 0 Å². The molecule has 2 atom stereocenters. The summed E-state index contributed by atoms with van der Waals surface area (Å²) in [4.78, 5) is 1.53. The van der Waals surface area contributed by atoms with Gasteiger partial charge in [0, 0.05) is 10.9 Å². The Morgan fingerprint density at radius 1 is 1.56 bits per heavy atom. The second-order valence-corrected chi connectivity index (χ2v) is 7.29. The third-order valence-electron chi connectivity index (χ3n) is 3.50. The van der Waals surface area contributed by atoms with E-state index in [1.54, 1.807) is 6.26 Å². The predicted octanol–water partition coefficient (Wildman–Crippen LogP) is 4.83. The largest absolute Gasteiger partial charge is 0.468 e. The molecule has 2 nitrogen and oxygen atoms in total. The van der Waals surface area contributed by atoms with Crippen LogP contribution in [0.5, 0.6) is 0 Å². The number of nitrogens with one attached hydrogen (secondary N) is 1. The first-order valence-electron chi connectivity index (χ1n) is 6.31. The summed E-state index contributed by atoms with van der Waals surface area (Å²) in [5.41, 5.74) is 1.47. The molecule has 0 saturated carbocycles. The molecule has 2 aromatic rings. The van der Waals surface area contributed by atoms with Crippen molar-refractivity contribution in [2.45, 2.75) is 38.3 Å². The number of thiophene rings is 1. The number of hydrogen-bond acceptors (Lipinski definition) is 3. The van der Waals surface area contributed by atoms with Crippen molar-refractivity contribution < 1.29 is 4.42 Å². The first-order chi connectivity index (χ1) is 8.74. The van der Waals surface area contributed by atoms with E-state index >= 15 is 0 Å². The molecule has 2 unspecified atom stereocenters.